The SMILES string of the molecule is Cc1ccc(C(=O)/C=C\Nc2ccc(Cl)cc2Cl)cc1. The summed E-state index contributed by atoms with van der Waals surface area (Å²) < 4.78 is 0. The molecule has 0 atom stereocenters. The Morgan fingerprint density at radius 2 is 1.80 bits per heavy atom. The summed E-state index contributed by atoms with van der Waals surface area (Å²) in [5, 5.41) is 4.03. The van der Waals surface area contributed by atoms with Gasteiger partial charge in [-0.15, -0.1) is 0 Å². The summed E-state index contributed by atoms with van der Waals surface area (Å²) in [6.45, 7) is 1.98. The van der Waals surface area contributed by atoms with E-state index >= 15 is 0 Å². The number of ketones is 1. The zero-order valence-electron chi connectivity index (χ0n) is 10.9. The van der Waals surface area contributed by atoms with Crippen molar-refractivity contribution in [2.75, 3.05) is 5.32 Å². The van der Waals surface area contributed by atoms with Gasteiger partial charge in [-0.2, -0.15) is 0 Å². The van der Waals surface area contributed by atoms with Crippen molar-refractivity contribution < 1.29 is 4.79 Å². The standard InChI is InChI=1S/C16H13Cl2NO/c1-11-2-4-12(5-3-11)16(20)8-9-19-15-7-6-13(17)10-14(15)18/h2-10,19H,1H3/b9-8-. The Kier molecular flexibility index (Phi) is 4.83. The molecule has 0 aliphatic rings. The van der Waals surface area contributed by atoms with E-state index in [1.165, 1.54) is 6.08 Å². The molecule has 0 aliphatic carbocycles. The number of halogens is 2. The Hall–Kier alpha value is -1.77. The molecule has 20 heavy (non-hydrogen) atoms. The second-order valence-corrected chi connectivity index (χ2v) is 5.18. The van der Waals surface area contributed by atoms with Gasteiger partial charge in [-0.1, -0.05) is 53.0 Å². The number of hydrogen-bond donors (Lipinski definition) is 1. The normalized spacial score (nSPS) is 10.8. The van der Waals surface area contributed by atoms with Crippen molar-refractivity contribution in [2.45, 2.75) is 6.92 Å². The minimum atomic E-state index is -0.0671. The highest BCUT2D eigenvalue weighted by Gasteiger charge is 2.01. The fourth-order valence-corrected chi connectivity index (χ4v) is 2.09. The maximum Gasteiger partial charge on any atom is 0.187 e. The first-order chi connectivity index (χ1) is 9.56. The lowest BCUT2D eigenvalue weighted by Gasteiger charge is -2.03. The summed E-state index contributed by atoms with van der Waals surface area (Å²) >= 11 is 11.8. The van der Waals surface area contributed by atoms with Crippen LogP contribution in [0.15, 0.2) is 54.7 Å². The van der Waals surface area contributed by atoms with Crippen LogP contribution in [0.5, 0.6) is 0 Å². The zero-order valence-corrected chi connectivity index (χ0v) is 12.4. The third kappa shape index (κ3) is 3.86. The van der Waals surface area contributed by atoms with Crippen LogP contribution in [0.3, 0.4) is 0 Å². The summed E-state index contributed by atoms with van der Waals surface area (Å²) in [7, 11) is 0. The molecule has 0 spiro atoms. The van der Waals surface area contributed by atoms with E-state index in [1.807, 2.05) is 19.1 Å². The molecule has 2 nitrogen and oxygen atoms in total. The van der Waals surface area contributed by atoms with Gasteiger partial charge >= 0.3 is 0 Å². The summed E-state index contributed by atoms with van der Waals surface area (Å²) in [5.74, 6) is -0.0671. The second kappa shape index (κ2) is 6.60. The van der Waals surface area contributed by atoms with E-state index in [2.05, 4.69) is 5.32 Å². The Balaban J connectivity index is 2.02. The number of carbonyl (C=O) groups excluding carboxylic acids is 1. The van der Waals surface area contributed by atoms with Crippen LogP contribution in [-0.4, -0.2) is 5.78 Å². The highest BCUT2D eigenvalue weighted by atomic mass is 35.5. The molecule has 2 rings (SSSR count). The quantitative estimate of drug-likeness (QED) is 0.628. The van der Waals surface area contributed by atoms with E-state index in [0.717, 1.165) is 5.56 Å². The molecule has 0 aromatic heterocycles. The lowest BCUT2D eigenvalue weighted by Crippen LogP contribution is -1.96. The van der Waals surface area contributed by atoms with Gasteiger partial charge in [0, 0.05) is 22.9 Å². The first-order valence-electron chi connectivity index (χ1n) is 6.05. The topological polar surface area (TPSA) is 29.1 Å². The number of rotatable bonds is 4. The van der Waals surface area contributed by atoms with Crippen molar-refractivity contribution in [3.05, 3.63) is 75.9 Å². The van der Waals surface area contributed by atoms with Gasteiger partial charge in [-0.05, 0) is 25.1 Å². The molecule has 4 heteroatoms. The lowest BCUT2D eigenvalue weighted by molar-refractivity contribution is 0.104. The van der Waals surface area contributed by atoms with Gasteiger partial charge in [0.05, 0.1) is 10.7 Å². The lowest BCUT2D eigenvalue weighted by atomic mass is 10.1. The van der Waals surface area contributed by atoms with Gasteiger partial charge in [-0.25, -0.2) is 0 Å². The predicted octanol–water partition coefficient (Wildman–Crippen LogP) is 5.11. The maximum absolute atomic E-state index is 11.9. The Morgan fingerprint density at radius 1 is 1.10 bits per heavy atom. The van der Waals surface area contributed by atoms with Crippen LogP contribution in [-0.2, 0) is 0 Å². The Morgan fingerprint density at radius 3 is 2.45 bits per heavy atom. The van der Waals surface area contributed by atoms with Crippen LogP contribution in [0, 0.1) is 6.92 Å². The summed E-state index contributed by atoms with van der Waals surface area (Å²) in [5.41, 5.74) is 2.47. The number of aryl methyl sites for hydroxylation is 1. The average molecular weight is 306 g/mol. The second-order valence-electron chi connectivity index (χ2n) is 4.33. The molecule has 0 aliphatic heterocycles. The first kappa shape index (κ1) is 14.6. The average Bonchev–Trinajstić information content (AvgIpc) is 2.42. The smallest absolute Gasteiger partial charge is 0.187 e. The van der Waals surface area contributed by atoms with E-state index < -0.39 is 0 Å². The zero-order chi connectivity index (χ0) is 14.5. The number of allylic oxidation sites excluding steroid dienone is 1. The van der Waals surface area contributed by atoms with Gasteiger partial charge in [-0.3, -0.25) is 4.79 Å². The molecule has 0 radical (unpaired) electrons. The minimum Gasteiger partial charge on any atom is -0.360 e. The molecule has 1 N–H and O–H groups in total. The van der Waals surface area contributed by atoms with E-state index in [9.17, 15) is 4.79 Å². The molecule has 0 heterocycles. The third-order valence-corrected chi connectivity index (χ3v) is 3.29. The van der Waals surface area contributed by atoms with Crippen molar-refractivity contribution in [1.82, 2.24) is 0 Å². The predicted molar refractivity (Wildman–Crippen MR) is 84.7 cm³/mol. The Bertz CT molecular complexity index is 648. The Labute approximate surface area is 128 Å². The molecule has 0 saturated heterocycles. The molecule has 0 amide bonds. The molecule has 0 saturated carbocycles. The van der Waals surface area contributed by atoms with Crippen molar-refractivity contribution >= 4 is 34.7 Å². The summed E-state index contributed by atoms with van der Waals surface area (Å²) in [6.07, 6.45) is 3.03. The van der Waals surface area contributed by atoms with Crippen LogP contribution in [0.1, 0.15) is 15.9 Å². The first-order valence-corrected chi connectivity index (χ1v) is 6.81. The fourth-order valence-electron chi connectivity index (χ4n) is 1.63. The van der Waals surface area contributed by atoms with Crippen LogP contribution in [0.4, 0.5) is 5.69 Å². The molecule has 0 unspecified atom stereocenters. The van der Waals surface area contributed by atoms with E-state index in [0.29, 0.717) is 21.3 Å². The van der Waals surface area contributed by atoms with Gasteiger partial charge in [0.25, 0.3) is 0 Å². The van der Waals surface area contributed by atoms with Crippen molar-refractivity contribution in [1.29, 1.82) is 0 Å². The van der Waals surface area contributed by atoms with Crippen LogP contribution < -0.4 is 5.32 Å². The number of hydrogen-bond acceptors (Lipinski definition) is 2. The molecular formula is C16H13Cl2NO. The molecule has 2 aromatic carbocycles. The number of anilines is 1. The van der Waals surface area contributed by atoms with Crippen LogP contribution >= 0.6 is 23.2 Å². The van der Waals surface area contributed by atoms with E-state index in [-0.39, 0.29) is 5.78 Å². The largest absolute Gasteiger partial charge is 0.360 e. The monoisotopic (exact) mass is 305 g/mol. The highest BCUT2D eigenvalue weighted by molar-refractivity contribution is 6.36. The summed E-state index contributed by atoms with van der Waals surface area (Å²) in [6, 6.07) is 12.5. The minimum absolute atomic E-state index is 0.0671. The highest BCUT2D eigenvalue weighted by Crippen LogP contribution is 2.25. The van der Waals surface area contributed by atoms with Gasteiger partial charge in [0.1, 0.15) is 0 Å². The third-order valence-electron chi connectivity index (χ3n) is 2.74. The summed E-state index contributed by atoms with van der Waals surface area (Å²) in [4.78, 5) is 11.9. The molecule has 0 fully saturated rings. The molecule has 0 bridgehead atoms. The number of carbonyl (C=O) groups is 1. The fraction of sp³-hybridized carbons (Fsp3) is 0.0625. The van der Waals surface area contributed by atoms with Crippen molar-refractivity contribution in [3.8, 4) is 0 Å². The maximum atomic E-state index is 11.9. The molecule has 102 valence electrons. The van der Waals surface area contributed by atoms with Crippen molar-refractivity contribution in [3.63, 3.8) is 0 Å². The number of nitrogens with one attached hydrogen (secondary N) is 1. The van der Waals surface area contributed by atoms with Crippen molar-refractivity contribution in [2.24, 2.45) is 0 Å². The van der Waals surface area contributed by atoms with Crippen LogP contribution in [0.2, 0.25) is 10.0 Å². The van der Waals surface area contributed by atoms with E-state index in [4.69, 9.17) is 23.2 Å². The molecular weight excluding hydrogens is 293 g/mol. The number of benzene rings is 2. The van der Waals surface area contributed by atoms with Gasteiger partial charge in [0.15, 0.2) is 5.78 Å². The van der Waals surface area contributed by atoms with Crippen LogP contribution in [0.25, 0.3) is 0 Å². The van der Waals surface area contributed by atoms with Gasteiger partial charge in [0.2, 0.25) is 0 Å². The molecule has 2 aromatic rings. The van der Waals surface area contributed by atoms with E-state index in [1.54, 1.807) is 36.5 Å². The van der Waals surface area contributed by atoms with Gasteiger partial charge < -0.3 is 5.32 Å².